The third-order valence-corrected chi connectivity index (χ3v) is 13.0. The summed E-state index contributed by atoms with van der Waals surface area (Å²) in [5.41, 5.74) is 17.4. The lowest BCUT2D eigenvalue weighted by atomic mass is 9.66. The molecule has 0 spiro atoms. The minimum Gasteiger partial charge on any atom is -0.280 e. The number of aromatic nitrogens is 1. The third-order valence-electron chi connectivity index (χ3n) is 12.1. The first-order valence-electron chi connectivity index (χ1n) is 20.9. The molecule has 0 radical (unpaired) electrons. The number of halogens is 1. The molecule has 1 heterocycles. The van der Waals surface area contributed by atoms with Crippen LogP contribution in [0.25, 0.3) is 22.0 Å². The second-order valence-electron chi connectivity index (χ2n) is 15.6. The van der Waals surface area contributed by atoms with Crippen molar-refractivity contribution >= 4 is 62.3 Å². The number of fused-ring (bicyclic) bond motifs is 4. The smallest absolute Gasteiger partial charge is 0.103 e. The molecule has 1 aromatic heterocycles. The van der Waals surface area contributed by atoms with Gasteiger partial charge in [0.2, 0.25) is 0 Å². The Bertz CT molecular complexity index is 2900. The largest absolute Gasteiger partial charge is 0.280 e. The van der Waals surface area contributed by atoms with Gasteiger partial charge >= 0.3 is 0 Å². The van der Waals surface area contributed by atoms with Crippen molar-refractivity contribution < 1.29 is 0 Å². The predicted octanol–water partition coefficient (Wildman–Crippen LogP) is 14.6. The molecule has 0 fully saturated rings. The molecule has 9 rings (SSSR count). The molecular weight excluding hydrogens is 854 g/mol. The van der Waals surface area contributed by atoms with Gasteiger partial charge in [-0.2, -0.15) is 0 Å². The summed E-state index contributed by atoms with van der Waals surface area (Å²) in [6, 6.07) is 46.3. The van der Waals surface area contributed by atoms with Gasteiger partial charge in [-0.1, -0.05) is 183 Å². The molecule has 0 amide bonds. The molecule has 296 valence electrons. The maximum Gasteiger partial charge on any atom is 0.103 e. The monoisotopic (exact) mass is 899 g/mol. The van der Waals surface area contributed by atoms with Crippen LogP contribution in [0, 0.1) is 3.57 Å². The second kappa shape index (κ2) is 17.6. The van der Waals surface area contributed by atoms with Gasteiger partial charge < -0.3 is 0 Å². The first kappa shape index (κ1) is 39.9. The van der Waals surface area contributed by atoms with Gasteiger partial charge in [-0.3, -0.25) is 15.0 Å². The molecule has 3 nitrogen and oxygen atoms in total. The van der Waals surface area contributed by atoms with E-state index in [1.807, 2.05) is 6.20 Å². The minimum absolute atomic E-state index is 0.220. The zero-order valence-electron chi connectivity index (χ0n) is 34.5. The van der Waals surface area contributed by atoms with E-state index in [0.717, 1.165) is 43.4 Å². The van der Waals surface area contributed by atoms with E-state index >= 15 is 0 Å². The number of pyridine rings is 1. The summed E-state index contributed by atoms with van der Waals surface area (Å²) in [5.74, 6) is 0.220. The molecule has 0 saturated carbocycles. The van der Waals surface area contributed by atoms with Crippen molar-refractivity contribution in [3.63, 3.8) is 0 Å². The summed E-state index contributed by atoms with van der Waals surface area (Å²) in [4.78, 5) is 14.6. The van der Waals surface area contributed by atoms with E-state index in [1.54, 1.807) is 12.3 Å². The molecule has 3 aliphatic carbocycles. The van der Waals surface area contributed by atoms with Crippen LogP contribution in [0.15, 0.2) is 228 Å². The van der Waals surface area contributed by atoms with Crippen LogP contribution in [0.1, 0.15) is 65.1 Å². The number of rotatable bonds is 10. The fourth-order valence-corrected chi connectivity index (χ4v) is 9.68. The van der Waals surface area contributed by atoms with Gasteiger partial charge in [-0.05, 0) is 121 Å². The number of hydrogen-bond acceptors (Lipinski definition) is 3. The maximum atomic E-state index is 5.25. The summed E-state index contributed by atoms with van der Waals surface area (Å²) < 4.78 is 1.06. The minimum atomic E-state index is -0.428. The van der Waals surface area contributed by atoms with Gasteiger partial charge in [0.25, 0.3) is 0 Å². The normalized spacial score (nSPS) is 18.1. The van der Waals surface area contributed by atoms with E-state index in [4.69, 9.17) is 9.98 Å². The Balaban J connectivity index is 0.982. The average Bonchev–Trinajstić information content (AvgIpc) is 3.62. The summed E-state index contributed by atoms with van der Waals surface area (Å²) >= 11 is 2.32. The Morgan fingerprint density at radius 3 is 2.31 bits per heavy atom. The first-order valence-corrected chi connectivity index (χ1v) is 22.0. The molecule has 0 saturated heterocycles. The van der Waals surface area contributed by atoms with E-state index in [2.05, 4.69) is 230 Å². The van der Waals surface area contributed by atoms with Crippen molar-refractivity contribution in [3.05, 3.63) is 260 Å². The Kier molecular flexibility index (Phi) is 11.5. The SMILES string of the molecule is C=C/C=N\c1c(I)ccc2c(C(/C=C\[C@H](C)c3ccc(C/N=C4/C=CC=C/C4=C4\C=C5C(=CC4)c4ccccc4C5(c4ccccc4)c4ccccc4)cc3)=C/C)ccnc12. The Morgan fingerprint density at radius 1 is 0.852 bits per heavy atom. The van der Waals surface area contributed by atoms with Crippen molar-refractivity contribution in [1.29, 1.82) is 0 Å². The van der Waals surface area contributed by atoms with E-state index < -0.39 is 5.41 Å². The first-order chi connectivity index (χ1) is 30.0. The van der Waals surface area contributed by atoms with Gasteiger partial charge in [-0.15, -0.1) is 0 Å². The average molecular weight is 900 g/mol. The molecule has 4 heteroatoms. The molecule has 0 unspecified atom stereocenters. The Labute approximate surface area is 373 Å². The van der Waals surface area contributed by atoms with Crippen molar-refractivity contribution in [3.8, 4) is 0 Å². The van der Waals surface area contributed by atoms with Gasteiger partial charge in [0.05, 0.1) is 23.2 Å². The van der Waals surface area contributed by atoms with Gasteiger partial charge in [0.15, 0.2) is 0 Å². The van der Waals surface area contributed by atoms with Crippen LogP contribution in [0.2, 0.25) is 0 Å². The number of nitrogens with zero attached hydrogens (tertiary/aromatic N) is 3. The summed E-state index contributed by atoms with van der Waals surface area (Å²) in [6.45, 7) is 8.73. The van der Waals surface area contributed by atoms with Crippen molar-refractivity contribution in [1.82, 2.24) is 4.98 Å². The summed E-state index contributed by atoms with van der Waals surface area (Å²) in [6.07, 6.45) is 26.4. The van der Waals surface area contributed by atoms with Crippen LogP contribution < -0.4 is 0 Å². The number of allylic oxidation sites excluding steroid dienone is 15. The molecule has 0 bridgehead atoms. The lowest BCUT2D eigenvalue weighted by Crippen LogP contribution is -2.29. The third kappa shape index (κ3) is 7.51. The van der Waals surface area contributed by atoms with Crippen LogP contribution in [0.4, 0.5) is 5.69 Å². The molecule has 61 heavy (non-hydrogen) atoms. The number of aliphatic imine (C=N–C) groups is 2. The lowest BCUT2D eigenvalue weighted by Gasteiger charge is -2.35. The molecular formula is C57H46IN3. The molecule has 0 aliphatic heterocycles. The van der Waals surface area contributed by atoms with Crippen LogP contribution in [0.5, 0.6) is 0 Å². The lowest BCUT2D eigenvalue weighted by molar-refractivity contribution is 0.766. The fraction of sp³-hybridized carbons (Fsp3) is 0.105. The van der Waals surface area contributed by atoms with Gasteiger partial charge in [-0.25, -0.2) is 0 Å². The Hall–Kier alpha value is -6.50. The molecule has 6 aromatic rings. The standard InChI is InChI=1S/C57H46IN3/c1-4-35-59-56-53(58)33-32-50-46(34-36-60-55(50)56)41(5-2)27-24-39(3)42-28-25-40(26-29-42)38-61-54-23-15-13-20-47(54)43-30-31-49-48-21-12-14-22-51(48)57(52(49)37-43,44-16-8-6-9-17-44)45-18-10-7-11-19-45/h4-29,31-37,39H,1,30,38H2,2-3H3/b27-24-,41-5+,47-43+,59-35-,61-54-/t39-/m0/s1. The highest BCUT2D eigenvalue weighted by Gasteiger charge is 2.48. The summed E-state index contributed by atoms with van der Waals surface area (Å²) in [7, 11) is 0. The fourth-order valence-electron chi connectivity index (χ4n) is 9.11. The molecule has 0 N–H and O–H groups in total. The van der Waals surface area contributed by atoms with E-state index in [-0.39, 0.29) is 5.92 Å². The zero-order valence-corrected chi connectivity index (χ0v) is 36.6. The molecule has 5 aromatic carbocycles. The maximum absolute atomic E-state index is 5.25. The van der Waals surface area contributed by atoms with Crippen molar-refractivity contribution in [2.45, 2.75) is 38.1 Å². The highest BCUT2D eigenvalue weighted by Crippen LogP contribution is 2.58. The molecule has 1 atom stereocenters. The van der Waals surface area contributed by atoms with Crippen LogP contribution in [0.3, 0.4) is 0 Å². The van der Waals surface area contributed by atoms with Crippen LogP contribution in [-0.4, -0.2) is 16.9 Å². The van der Waals surface area contributed by atoms with Crippen LogP contribution >= 0.6 is 22.6 Å². The van der Waals surface area contributed by atoms with Gasteiger partial charge in [0, 0.05) is 26.9 Å². The predicted molar refractivity (Wildman–Crippen MR) is 267 cm³/mol. The van der Waals surface area contributed by atoms with E-state index in [1.165, 1.54) is 55.7 Å². The highest BCUT2D eigenvalue weighted by molar-refractivity contribution is 14.1. The van der Waals surface area contributed by atoms with E-state index in [0.29, 0.717) is 6.54 Å². The topological polar surface area (TPSA) is 37.6 Å². The quantitative estimate of drug-likeness (QED) is 0.0767. The summed E-state index contributed by atoms with van der Waals surface area (Å²) in [5, 5.41) is 1.08. The zero-order chi connectivity index (χ0) is 41.8. The highest BCUT2D eigenvalue weighted by atomic mass is 127. The van der Waals surface area contributed by atoms with E-state index in [9.17, 15) is 0 Å². The van der Waals surface area contributed by atoms with Crippen LogP contribution in [-0.2, 0) is 12.0 Å². The van der Waals surface area contributed by atoms with Gasteiger partial charge in [0.1, 0.15) is 5.69 Å². The second-order valence-corrected chi connectivity index (χ2v) is 16.7. The Morgan fingerprint density at radius 2 is 1.57 bits per heavy atom. The number of hydrogen-bond donors (Lipinski definition) is 0. The van der Waals surface area contributed by atoms with Crippen molar-refractivity contribution in [2.75, 3.05) is 0 Å². The number of benzene rings is 5. The molecule has 3 aliphatic rings. The van der Waals surface area contributed by atoms with Crippen molar-refractivity contribution in [2.24, 2.45) is 9.98 Å².